The molecule has 0 aromatic heterocycles. The summed E-state index contributed by atoms with van der Waals surface area (Å²) in [7, 11) is 0. The molecule has 26 heavy (non-hydrogen) atoms. The van der Waals surface area contributed by atoms with Gasteiger partial charge < -0.3 is 15.4 Å². The number of ether oxygens (including phenoxy) is 1. The quantitative estimate of drug-likeness (QED) is 0.681. The Morgan fingerprint density at radius 1 is 1.19 bits per heavy atom. The summed E-state index contributed by atoms with van der Waals surface area (Å²) in [5.41, 5.74) is 2.58. The molecule has 0 aliphatic heterocycles. The Morgan fingerprint density at radius 2 is 2.00 bits per heavy atom. The molecular formula is C21H25N3O2. The number of nitrogens with one attached hydrogen (secondary N) is 2. The molecule has 0 saturated heterocycles. The maximum Gasteiger partial charge on any atom is 0.221 e. The van der Waals surface area contributed by atoms with Gasteiger partial charge in [0.15, 0.2) is 0 Å². The van der Waals surface area contributed by atoms with Crippen LogP contribution in [0, 0.1) is 11.3 Å². The van der Waals surface area contributed by atoms with Gasteiger partial charge in [0.05, 0.1) is 11.6 Å². The first kappa shape index (κ1) is 19.5. The summed E-state index contributed by atoms with van der Waals surface area (Å²) in [5.74, 6) is 0.815. The first-order chi connectivity index (χ1) is 12.6. The second kappa shape index (κ2) is 10.2. The molecule has 0 aliphatic rings. The Labute approximate surface area is 155 Å². The SMILES string of the molecule is CC(C)NC(=O)CCNCc1cccc(OCc2ccccc2C#N)c1. The second-order valence-electron chi connectivity index (χ2n) is 6.35. The van der Waals surface area contributed by atoms with E-state index < -0.39 is 0 Å². The molecule has 0 aliphatic carbocycles. The van der Waals surface area contributed by atoms with Crippen molar-refractivity contribution in [3.8, 4) is 11.8 Å². The second-order valence-corrected chi connectivity index (χ2v) is 6.35. The Balaban J connectivity index is 1.80. The number of rotatable bonds is 9. The van der Waals surface area contributed by atoms with E-state index in [1.807, 2.05) is 56.3 Å². The van der Waals surface area contributed by atoms with Crippen molar-refractivity contribution in [1.29, 1.82) is 5.26 Å². The third-order valence-corrected chi connectivity index (χ3v) is 3.74. The van der Waals surface area contributed by atoms with Gasteiger partial charge in [0.25, 0.3) is 0 Å². The summed E-state index contributed by atoms with van der Waals surface area (Å²) in [6, 6.07) is 17.6. The molecule has 5 nitrogen and oxygen atoms in total. The Kier molecular flexibility index (Phi) is 7.66. The number of hydrogen-bond donors (Lipinski definition) is 2. The molecule has 1 amide bonds. The van der Waals surface area contributed by atoms with E-state index in [-0.39, 0.29) is 11.9 Å². The molecule has 2 aromatic carbocycles. The summed E-state index contributed by atoms with van der Waals surface area (Å²) in [6.45, 7) is 5.55. The highest BCUT2D eigenvalue weighted by Crippen LogP contribution is 2.16. The van der Waals surface area contributed by atoms with E-state index in [0.29, 0.717) is 31.7 Å². The lowest BCUT2D eigenvalue weighted by Gasteiger charge is -2.11. The van der Waals surface area contributed by atoms with Crippen LogP contribution in [0.2, 0.25) is 0 Å². The average molecular weight is 351 g/mol. The van der Waals surface area contributed by atoms with Crippen LogP contribution in [-0.2, 0) is 17.9 Å². The number of carbonyl (C=O) groups is 1. The van der Waals surface area contributed by atoms with Gasteiger partial charge >= 0.3 is 0 Å². The molecule has 0 bridgehead atoms. The number of hydrogen-bond acceptors (Lipinski definition) is 4. The highest BCUT2D eigenvalue weighted by Gasteiger charge is 2.04. The van der Waals surface area contributed by atoms with Crippen LogP contribution >= 0.6 is 0 Å². The zero-order valence-electron chi connectivity index (χ0n) is 15.3. The van der Waals surface area contributed by atoms with Crippen molar-refractivity contribution in [2.24, 2.45) is 0 Å². The van der Waals surface area contributed by atoms with Gasteiger partial charge in [0.1, 0.15) is 12.4 Å². The van der Waals surface area contributed by atoms with Gasteiger partial charge in [-0.15, -0.1) is 0 Å². The van der Waals surface area contributed by atoms with Crippen molar-refractivity contribution < 1.29 is 9.53 Å². The summed E-state index contributed by atoms with van der Waals surface area (Å²) in [4.78, 5) is 11.6. The van der Waals surface area contributed by atoms with Crippen LogP contribution < -0.4 is 15.4 Å². The van der Waals surface area contributed by atoms with Gasteiger partial charge in [-0.05, 0) is 37.6 Å². The summed E-state index contributed by atoms with van der Waals surface area (Å²) in [5, 5.41) is 15.3. The summed E-state index contributed by atoms with van der Waals surface area (Å²) in [6.07, 6.45) is 0.458. The number of nitrogens with zero attached hydrogens (tertiary/aromatic N) is 1. The highest BCUT2D eigenvalue weighted by molar-refractivity contribution is 5.76. The standard InChI is InChI=1S/C21H25N3O2/c1-16(2)24-21(25)10-11-23-14-17-6-5-9-20(12-17)26-15-19-8-4-3-7-18(19)13-22/h3-9,12,16,23H,10-11,14-15H2,1-2H3,(H,24,25). The van der Waals surface area contributed by atoms with E-state index in [2.05, 4.69) is 16.7 Å². The van der Waals surface area contributed by atoms with Crippen molar-refractivity contribution in [3.05, 3.63) is 65.2 Å². The Hall–Kier alpha value is -2.84. The van der Waals surface area contributed by atoms with E-state index >= 15 is 0 Å². The molecule has 0 spiro atoms. The average Bonchev–Trinajstić information content (AvgIpc) is 2.63. The first-order valence-electron chi connectivity index (χ1n) is 8.78. The van der Waals surface area contributed by atoms with Gasteiger partial charge in [-0.25, -0.2) is 0 Å². The normalized spacial score (nSPS) is 10.4. The van der Waals surface area contributed by atoms with Gasteiger partial charge in [0, 0.05) is 31.1 Å². The molecule has 2 rings (SSSR count). The number of amides is 1. The third-order valence-electron chi connectivity index (χ3n) is 3.74. The van der Waals surface area contributed by atoms with Crippen LogP contribution in [0.3, 0.4) is 0 Å². The van der Waals surface area contributed by atoms with E-state index in [9.17, 15) is 4.79 Å². The van der Waals surface area contributed by atoms with Crippen LogP contribution in [0.5, 0.6) is 5.75 Å². The van der Waals surface area contributed by atoms with Crippen LogP contribution in [-0.4, -0.2) is 18.5 Å². The minimum absolute atomic E-state index is 0.0562. The number of carbonyl (C=O) groups excluding carboxylic acids is 1. The van der Waals surface area contributed by atoms with Crippen molar-refractivity contribution >= 4 is 5.91 Å². The lowest BCUT2D eigenvalue weighted by atomic mass is 10.1. The molecule has 0 heterocycles. The van der Waals surface area contributed by atoms with Crippen LogP contribution in [0.25, 0.3) is 0 Å². The Bertz CT molecular complexity index is 766. The molecule has 136 valence electrons. The largest absolute Gasteiger partial charge is 0.489 e. The predicted octanol–water partition coefficient (Wildman–Crippen LogP) is 3.14. The van der Waals surface area contributed by atoms with E-state index in [1.165, 1.54) is 0 Å². The minimum atomic E-state index is 0.0562. The van der Waals surface area contributed by atoms with Crippen molar-refractivity contribution in [2.75, 3.05) is 6.54 Å². The number of benzene rings is 2. The first-order valence-corrected chi connectivity index (χ1v) is 8.78. The molecule has 5 heteroatoms. The molecule has 0 saturated carbocycles. The lowest BCUT2D eigenvalue weighted by Crippen LogP contribution is -2.32. The number of nitriles is 1. The van der Waals surface area contributed by atoms with Crippen molar-refractivity contribution in [1.82, 2.24) is 10.6 Å². The van der Waals surface area contributed by atoms with Crippen LogP contribution in [0.1, 0.15) is 37.0 Å². The van der Waals surface area contributed by atoms with Crippen molar-refractivity contribution in [2.45, 2.75) is 39.5 Å². The van der Waals surface area contributed by atoms with Gasteiger partial charge in [-0.1, -0.05) is 30.3 Å². The lowest BCUT2D eigenvalue weighted by molar-refractivity contribution is -0.121. The van der Waals surface area contributed by atoms with E-state index in [1.54, 1.807) is 6.07 Å². The van der Waals surface area contributed by atoms with Gasteiger partial charge in [-0.2, -0.15) is 5.26 Å². The zero-order chi connectivity index (χ0) is 18.8. The van der Waals surface area contributed by atoms with E-state index in [0.717, 1.165) is 16.9 Å². The maximum absolute atomic E-state index is 11.6. The highest BCUT2D eigenvalue weighted by atomic mass is 16.5. The molecule has 2 aromatic rings. The van der Waals surface area contributed by atoms with Gasteiger partial charge in [-0.3, -0.25) is 4.79 Å². The van der Waals surface area contributed by atoms with Crippen molar-refractivity contribution in [3.63, 3.8) is 0 Å². The molecule has 2 N–H and O–H groups in total. The zero-order valence-corrected chi connectivity index (χ0v) is 15.3. The Morgan fingerprint density at radius 3 is 2.77 bits per heavy atom. The molecular weight excluding hydrogens is 326 g/mol. The van der Waals surface area contributed by atoms with Gasteiger partial charge in [0.2, 0.25) is 5.91 Å². The summed E-state index contributed by atoms with van der Waals surface area (Å²) >= 11 is 0. The fourth-order valence-electron chi connectivity index (χ4n) is 2.49. The van der Waals surface area contributed by atoms with E-state index in [4.69, 9.17) is 10.00 Å². The molecule has 0 fully saturated rings. The van der Waals surface area contributed by atoms with Crippen LogP contribution in [0.4, 0.5) is 0 Å². The minimum Gasteiger partial charge on any atom is -0.489 e. The summed E-state index contributed by atoms with van der Waals surface area (Å²) < 4.78 is 5.82. The predicted molar refractivity (Wildman–Crippen MR) is 102 cm³/mol. The van der Waals surface area contributed by atoms with Crippen LogP contribution in [0.15, 0.2) is 48.5 Å². The fourth-order valence-corrected chi connectivity index (χ4v) is 2.49. The maximum atomic E-state index is 11.6. The topological polar surface area (TPSA) is 74.2 Å². The fraction of sp³-hybridized carbons (Fsp3) is 0.333. The monoisotopic (exact) mass is 351 g/mol. The molecule has 0 atom stereocenters. The molecule has 0 unspecified atom stereocenters. The third kappa shape index (κ3) is 6.58. The molecule has 0 radical (unpaired) electrons. The smallest absolute Gasteiger partial charge is 0.221 e.